The first-order chi connectivity index (χ1) is 4.04. The molecule has 1 nitrogen and oxygen atoms in total. The third kappa shape index (κ3) is 2.67. The van der Waals surface area contributed by atoms with E-state index in [1.54, 1.807) is 0 Å². The van der Waals surface area contributed by atoms with E-state index in [4.69, 9.17) is 0 Å². The van der Waals surface area contributed by atoms with E-state index < -0.39 is 0 Å². The van der Waals surface area contributed by atoms with E-state index in [1.165, 1.54) is 0 Å². The molecule has 1 atom stereocenters. The molecule has 0 radical (unpaired) electrons. The second-order valence-corrected chi connectivity index (χ2v) is 3.66. The topological polar surface area (TPSA) is 20.2 Å². The zero-order chi connectivity index (χ0) is 7.49. The summed E-state index contributed by atoms with van der Waals surface area (Å²) in [5, 5.41) is 10.0. The molecule has 1 N–H and O–H groups in total. The van der Waals surface area contributed by atoms with Gasteiger partial charge in [0.05, 0.1) is 6.10 Å². The molecule has 0 aliphatic rings. The van der Waals surface area contributed by atoms with Crippen molar-refractivity contribution in [2.75, 3.05) is 5.33 Å². The van der Waals surface area contributed by atoms with Gasteiger partial charge in [-0.15, -0.1) is 0 Å². The van der Waals surface area contributed by atoms with Crippen LogP contribution in [0.1, 0.15) is 27.2 Å². The number of aliphatic hydroxyl groups is 1. The Bertz CT molecular complexity index is 81.0. The molecule has 56 valence electrons. The van der Waals surface area contributed by atoms with Gasteiger partial charge in [0, 0.05) is 5.33 Å². The Kier molecular flexibility index (Phi) is 3.74. The molecule has 0 rings (SSSR count). The number of alkyl halides is 1. The van der Waals surface area contributed by atoms with Gasteiger partial charge in [0.15, 0.2) is 0 Å². The Hall–Kier alpha value is 0.440. The molecule has 0 aromatic rings. The van der Waals surface area contributed by atoms with E-state index >= 15 is 0 Å². The summed E-state index contributed by atoms with van der Waals surface area (Å²) in [5.41, 5.74) is 0.0590. The average Bonchev–Trinajstić information content (AvgIpc) is 1.86. The molecule has 0 saturated carbocycles. The van der Waals surface area contributed by atoms with Gasteiger partial charge >= 0.3 is 0 Å². The van der Waals surface area contributed by atoms with Crippen molar-refractivity contribution in [2.24, 2.45) is 5.41 Å². The third-order valence-corrected chi connectivity index (χ3v) is 2.57. The fourth-order valence-electron chi connectivity index (χ4n) is 0.444. The van der Waals surface area contributed by atoms with Crippen LogP contribution in [0, 0.1) is 5.41 Å². The zero-order valence-electron chi connectivity index (χ0n) is 6.32. The number of aliphatic hydroxyl groups excluding tert-OH is 1. The van der Waals surface area contributed by atoms with Gasteiger partial charge in [-0.1, -0.05) is 36.7 Å². The lowest BCUT2D eigenvalue weighted by molar-refractivity contribution is 0.0685. The Balaban J connectivity index is 3.80. The van der Waals surface area contributed by atoms with Crippen molar-refractivity contribution in [3.63, 3.8) is 0 Å². The minimum Gasteiger partial charge on any atom is -0.392 e. The molecule has 0 aliphatic heterocycles. The molecule has 0 heterocycles. The van der Waals surface area contributed by atoms with Crippen molar-refractivity contribution in [1.82, 2.24) is 0 Å². The smallest absolute Gasteiger partial charge is 0.0687 e. The van der Waals surface area contributed by atoms with Gasteiger partial charge in [-0.25, -0.2) is 0 Å². The lowest BCUT2D eigenvalue weighted by Gasteiger charge is -2.27. The van der Waals surface area contributed by atoms with Crippen molar-refractivity contribution in [3.8, 4) is 0 Å². The standard InChI is InChI=1S/C7H15BrO/c1-4-7(2,3)6(9)5-8/h6,9H,4-5H2,1-3H3. The molecule has 0 aromatic carbocycles. The maximum atomic E-state index is 9.34. The third-order valence-electron chi connectivity index (χ3n) is 1.96. The molecule has 0 spiro atoms. The van der Waals surface area contributed by atoms with Crippen LogP contribution in [0.4, 0.5) is 0 Å². The first-order valence-corrected chi connectivity index (χ1v) is 4.40. The van der Waals surface area contributed by atoms with E-state index in [9.17, 15) is 5.11 Å². The van der Waals surface area contributed by atoms with Gasteiger partial charge in [0.1, 0.15) is 0 Å². The minimum absolute atomic E-state index is 0.0590. The molecule has 0 amide bonds. The molecular weight excluding hydrogens is 180 g/mol. The van der Waals surface area contributed by atoms with Crippen molar-refractivity contribution in [1.29, 1.82) is 0 Å². The van der Waals surface area contributed by atoms with E-state index in [1.807, 2.05) is 0 Å². The summed E-state index contributed by atoms with van der Waals surface area (Å²) in [7, 11) is 0. The molecule has 1 unspecified atom stereocenters. The largest absolute Gasteiger partial charge is 0.392 e. The van der Waals surface area contributed by atoms with Crippen LogP contribution in [0.3, 0.4) is 0 Å². The predicted molar refractivity (Wildman–Crippen MR) is 43.9 cm³/mol. The van der Waals surface area contributed by atoms with Crippen LogP contribution >= 0.6 is 15.9 Å². The Morgan fingerprint density at radius 3 is 2.11 bits per heavy atom. The molecule has 2 heteroatoms. The fraction of sp³-hybridized carbons (Fsp3) is 1.00. The number of halogens is 1. The van der Waals surface area contributed by atoms with E-state index in [2.05, 4.69) is 36.7 Å². The highest BCUT2D eigenvalue weighted by molar-refractivity contribution is 9.09. The van der Waals surface area contributed by atoms with Crippen LogP contribution in [0.2, 0.25) is 0 Å². The molecule has 0 bridgehead atoms. The summed E-state index contributed by atoms with van der Waals surface area (Å²) in [4.78, 5) is 0. The van der Waals surface area contributed by atoms with E-state index in [-0.39, 0.29) is 11.5 Å². The predicted octanol–water partition coefficient (Wildman–Crippen LogP) is 2.18. The van der Waals surface area contributed by atoms with Crippen molar-refractivity contribution >= 4 is 15.9 Å². The van der Waals surface area contributed by atoms with Gasteiger partial charge in [-0.2, -0.15) is 0 Å². The molecule has 0 aliphatic carbocycles. The first-order valence-electron chi connectivity index (χ1n) is 3.28. The second kappa shape index (κ2) is 3.57. The van der Waals surface area contributed by atoms with Crippen molar-refractivity contribution in [3.05, 3.63) is 0 Å². The maximum Gasteiger partial charge on any atom is 0.0687 e. The summed E-state index contributed by atoms with van der Waals surface area (Å²) in [6.45, 7) is 6.23. The molecule has 0 aromatic heterocycles. The van der Waals surface area contributed by atoms with Gasteiger partial charge in [-0.3, -0.25) is 0 Å². The average molecular weight is 195 g/mol. The Morgan fingerprint density at radius 2 is 2.00 bits per heavy atom. The van der Waals surface area contributed by atoms with Crippen LogP contribution in [-0.4, -0.2) is 16.5 Å². The molecular formula is C7H15BrO. The van der Waals surface area contributed by atoms with Crippen LogP contribution in [0.15, 0.2) is 0 Å². The highest BCUT2D eigenvalue weighted by Gasteiger charge is 2.23. The summed E-state index contributed by atoms with van der Waals surface area (Å²) in [5.74, 6) is 0. The van der Waals surface area contributed by atoms with Crippen LogP contribution in [-0.2, 0) is 0 Å². The first kappa shape index (κ1) is 9.44. The Labute approximate surface area is 65.6 Å². The lowest BCUT2D eigenvalue weighted by atomic mass is 9.85. The number of rotatable bonds is 3. The highest BCUT2D eigenvalue weighted by Crippen LogP contribution is 2.25. The highest BCUT2D eigenvalue weighted by atomic mass is 79.9. The second-order valence-electron chi connectivity index (χ2n) is 3.01. The van der Waals surface area contributed by atoms with Gasteiger partial charge in [0.25, 0.3) is 0 Å². The fourth-order valence-corrected chi connectivity index (χ4v) is 1.32. The van der Waals surface area contributed by atoms with Crippen molar-refractivity contribution < 1.29 is 5.11 Å². The zero-order valence-corrected chi connectivity index (χ0v) is 7.90. The summed E-state index contributed by atoms with van der Waals surface area (Å²) in [6.07, 6.45) is 0.794. The summed E-state index contributed by atoms with van der Waals surface area (Å²) >= 11 is 3.24. The Morgan fingerprint density at radius 1 is 1.56 bits per heavy atom. The van der Waals surface area contributed by atoms with E-state index in [0.717, 1.165) is 6.42 Å². The van der Waals surface area contributed by atoms with Gasteiger partial charge < -0.3 is 5.11 Å². The van der Waals surface area contributed by atoms with Crippen LogP contribution in [0.5, 0.6) is 0 Å². The molecule has 9 heavy (non-hydrogen) atoms. The van der Waals surface area contributed by atoms with Crippen LogP contribution < -0.4 is 0 Å². The van der Waals surface area contributed by atoms with Crippen molar-refractivity contribution in [2.45, 2.75) is 33.3 Å². The quantitative estimate of drug-likeness (QED) is 0.684. The summed E-state index contributed by atoms with van der Waals surface area (Å²) in [6, 6.07) is 0. The maximum absolute atomic E-state index is 9.34. The van der Waals surface area contributed by atoms with E-state index in [0.29, 0.717) is 5.33 Å². The molecule has 0 saturated heterocycles. The van der Waals surface area contributed by atoms with Gasteiger partial charge in [-0.05, 0) is 11.8 Å². The summed E-state index contributed by atoms with van der Waals surface area (Å²) < 4.78 is 0. The molecule has 0 fully saturated rings. The van der Waals surface area contributed by atoms with Crippen LogP contribution in [0.25, 0.3) is 0 Å². The number of hydrogen-bond donors (Lipinski definition) is 1. The minimum atomic E-state index is -0.220. The van der Waals surface area contributed by atoms with Gasteiger partial charge in [0.2, 0.25) is 0 Å². The monoisotopic (exact) mass is 194 g/mol. The lowest BCUT2D eigenvalue weighted by Crippen LogP contribution is -2.29. The SMILES string of the molecule is CCC(C)(C)C(O)CBr. The normalized spacial score (nSPS) is 15.7. The number of hydrogen-bond acceptors (Lipinski definition) is 1.